The van der Waals surface area contributed by atoms with Crippen LogP contribution in [0.5, 0.6) is 0 Å². The standard InChI is InChI=1S/C15H9Cl3O/c16-11-3-1-2-10(8-11)4-7-15(19)13-9-12(17)5-6-14(13)18/h1-9H. The van der Waals surface area contributed by atoms with Gasteiger partial charge in [0.2, 0.25) is 0 Å². The summed E-state index contributed by atoms with van der Waals surface area (Å²) in [5.74, 6) is -0.201. The van der Waals surface area contributed by atoms with Gasteiger partial charge in [-0.15, -0.1) is 0 Å². The average Bonchev–Trinajstić information content (AvgIpc) is 2.39. The minimum Gasteiger partial charge on any atom is -0.289 e. The Labute approximate surface area is 126 Å². The second-order valence-corrected chi connectivity index (χ2v) is 5.16. The van der Waals surface area contributed by atoms with Gasteiger partial charge in [0.05, 0.1) is 5.02 Å². The summed E-state index contributed by atoms with van der Waals surface area (Å²) in [4.78, 5) is 12.0. The Hall–Kier alpha value is -1.28. The van der Waals surface area contributed by atoms with Gasteiger partial charge in [0.1, 0.15) is 0 Å². The van der Waals surface area contributed by atoms with E-state index in [1.807, 2.05) is 12.1 Å². The van der Waals surface area contributed by atoms with Crippen molar-refractivity contribution in [3.63, 3.8) is 0 Å². The maximum absolute atomic E-state index is 12.0. The average molecular weight is 312 g/mol. The summed E-state index contributed by atoms with van der Waals surface area (Å²) in [6.45, 7) is 0. The molecule has 4 heteroatoms. The molecular formula is C15H9Cl3O. The number of rotatable bonds is 3. The maximum Gasteiger partial charge on any atom is 0.187 e. The van der Waals surface area contributed by atoms with Gasteiger partial charge in [-0.3, -0.25) is 4.79 Å². The quantitative estimate of drug-likeness (QED) is 0.537. The number of carbonyl (C=O) groups is 1. The van der Waals surface area contributed by atoms with Crippen molar-refractivity contribution in [2.45, 2.75) is 0 Å². The number of ketones is 1. The first-order chi connectivity index (χ1) is 9.06. The predicted molar refractivity (Wildman–Crippen MR) is 81.3 cm³/mol. The van der Waals surface area contributed by atoms with E-state index < -0.39 is 0 Å². The highest BCUT2D eigenvalue weighted by atomic mass is 35.5. The minimum atomic E-state index is -0.201. The van der Waals surface area contributed by atoms with Crippen LogP contribution in [0.15, 0.2) is 48.5 Å². The zero-order chi connectivity index (χ0) is 13.8. The molecule has 2 aromatic carbocycles. The predicted octanol–water partition coefficient (Wildman–Crippen LogP) is 5.54. The summed E-state index contributed by atoms with van der Waals surface area (Å²) >= 11 is 17.7. The number of hydrogen-bond donors (Lipinski definition) is 0. The van der Waals surface area contributed by atoms with Crippen molar-refractivity contribution in [1.29, 1.82) is 0 Å². The van der Waals surface area contributed by atoms with Gasteiger partial charge in [0.25, 0.3) is 0 Å². The van der Waals surface area contributed by atoms with Crippen molar-refractivity contribution in [2.24, 2.45) is 0 Å². The van der Waals surface area contributed by atoms with E-state index in [9.17, 15) is 4.79 Å². The Morgan fingerprint density at radius 3 is 2.42 bits per heavy atom. The van der Waals surface area contributed by atoms with Crippen LogP contribution < -0.4 is 0 Å². The summed E-state index contributed by atoms with van der Waals surface area (Å²) in [6, 6.07) is 12.0. The molecule has 0 aliphatic heterocycles. The van der Waals surface area contributed by atoms with Crippen molar-refractivity contribution in [2.75, 3.05) is 0 Å². The molecule has 0 amide bonds. The van der Waals surface area contributed by atoms with E-state index in [-0.39, 0.29) is 5.78 Å². The van der Waals surface area contributed by atoms with E-state index in [2.05, 4.69) is 0 Å². The van der Waals surface area contributed by atoms with Crippen LogP contribution in [0.4, 0.5) is 0 Å². The van der Waals surface area contributed by atoms with Gasteiger partial charge in [-0.05, 0) is 42.0 Å². The Morgan fingerprint density at radius 1 is 0.947 bits per heavy atom. The van der Waals surface area contributed by atoms with E-state index in [0.717, 1.165) is 5.56 Å². The Balaban J connectivity index is 2.23. The number of hydrogen-bond acceptors (Lipinski definition) is 1. The van der Waals surface area contributed by atoms with E-state index >= 15 is 0 Å². The molecule has 2 rings (SSSR count). The van der Waals surface area contributed by atoms with Crippen LogP contribution in [0.1, 0.15) is 15.9 Å². The third-order valence-corrected chi connectivity index (χ3v) is 3.27. The maximum atomic E-state index is 12.0. The van der Waals surface area contributed by atoms with E-state index in [0.29, 0.717) is 20.6 Å². The van der Waals surface area contributed by atoms with Crippen LogP contribution in [0.3, 0.4) is 0 Å². The number of halogens is 3. The molecule has 0 N–H and O–H groups in total. The van der Waals surface area contributed by atoms with Crippen molar-refractivity contribution >= 4 is 46.7 Å². The number of benzene rings is 2. The summed E-state index contributed by atoms with van der Waals surface area (Å²) in [6.07, 6.45) is 3.13. The molecule has 0 heterocycles. The Kier molecular flexibility index (Phi) is 4.65. The van der Waals surface area contributed by atoms with Crippen molar-refractivity contribution in [3.8, 4) is 0 Å². The number of carbonyl (C=O) groups excluding carboxylic acids is 1. The van der Waals surface area contributed by atoms with Gasteiger partial charge >= 0.3 is 0 Å². The van der Waals surface area contributed by atoms with Crippen molar-refractivity contribution in [1.82, 2.24) is 0 Å². The molecule has 0 saturated heterocycles. The first-order valence-electron chi connectivity index (χ1n) is 5.49. The third-order valence-electron chi connectivity index (χ3n) is 2.47. The second kappa shape index (κ2) is 6.25. The summed E-state index contributed by atoms with van der Waals surface area (Å²) < 4.78 is 0. The fourth-order valence-electron chi connectivity index (χ4n) is 1.56. The summed E-state index contributed by atoms with van der Waals surface area (Å²) in [5.41, 5.74) is 1.23. The monoisotopic (exact) mass is 310 g/mol. The zero-order valence-corrected chi connectivity index (χ0v) is 12.0. The molecule has 1 nitrogen and oxygen atoms in total. The molecule has 2 aromatic rings. The molecule has 0 radical (unpaired) electrons. The molecule has 0 saturated carbocycles. The molecule has 0 fully saturated rings. The van der Waals surface area contributed by atoms with E-state index in [1.54, 1.807) is 36.4 Å². The molecule has 19 heavy (non-hydrogen) atoms. The lowest BCUT2D eigenvalue weighted by Crippen LogP contribution is -1.95. The van der Waals surface area contributed by atoms with Gasteiger partial charge in [0.15, 0.2) is 5.78 Å². The van der Waals surface area contributed by atoms with Crippen LogP contribution in [0.25, 0.3) is 6.08 Å². The molecule has 0 atom stereocenters. The molecular weight excluding hydrogens is 303 g/mol. The second-order valence-electron chi connectivity index (χ2n) is 3.88. The van der Waals surface area contributed by atoms with Crippen LogP contribution in [-0.2, 0) is 0 Å². The Morgan fingerprint density at radius 2 is 1.68 bits per heavy atom. The smallest absolute Gasteiger partial charge is 0.187 e. The van der Waals surface area contributed by atoms with Crippen LogP contribution >= 0.6 is 34.8 Å². The molecule has 0 aromatic heterocycles. The van der Waals surface area contributed by atoms with Crippen molar-refractivity contribution < 1.29 is 4.79 Å². The Bertz CT molecular complexity index is 648. The van der Waals surface area contributed by atoms with Crippen LogP contribution in [-0.4, -0.2) is 5.78 Å². The highest BCUT2D eigenvalue weighted by Gasteiger charge is 2.07. The van der Waals surface area contributed by atoms with E-state index in [4.69, 9.17) is 34.8 Å². The normalized spacial score (nSPS) is 10.9. The van der Waals surface area contributed by atoms with E-state index in [1.165, 1.54) is 6.08 Å². The SMILES string of the molecule is O=C(C=Cc1cccc(Cl)c1)c1cc(Cl)ccc1Cl. The molecule has 0 unspecified atom stereocenters. The molecule has 0 aliphatic carbocycles. The van der Waals surface area contributed by atoms with Gasteiger partial charge in [-0.25, -0.2) is 0 Å². The lowest BCUT2D eigenvalue weighted by Gasteiger charge is -2.00. The fourth-order valence-corrected chi connectivity index (χ4v) is 2.14. The largest absolute Gasteiger partial charge is 0.289 e. The minimum absolute atomic E-state index is 0.201. The molecule has 0 spiro atoms. The highest BCUT2D eigenvalue weighted by molar-refractivity contribution is 6.36. The highest BCUT2D eigenvalue weighted by Crippen LogP contribution is 2.21. The van der Waals surface area contributed by atoms with Crippen molar-refractivity contribution in [3.05, 3.63) is 74.7 Å². The zero-order valence-electron chi connectivity index (χ0n) is 9.74. The molecule has 0 bridgehead atoms. The van der Waals surface area contributed by atoms with Gasteiger partial charge in [-0.2, -0.15) is 0 Å². The van der Waals surface area contributed by atoms with Gasteiger partial charge in [-0.1, -0.05) is 53.0 Å². The first kappa shape index (κ1) is 14.1. The molecule has 96 valence electrons. The third kappa shape index (κ3) is 3.84. The first-order valence-corrected chi connectivity index (χ1v) is 6.63. The fraction of sp³-hybridized carbons (Fsp3) is 0. The summed E-state index contributed by atoms with van der Waals surface area (Å²) in [7, 11) is 0. The topological polar surface area (TPSA) is 17.1 Å². The van der Waals surface area contributed by atoms with Gasteiger partial charge < -0.3 is 0 Å². The van der Waals surface area contributed by atoms with Crippen LogP contribution in [0, 0.1) is 0 Å². The summed E-state index contributed by atoms with van der Waals surface area (Å²) in [5, 5.41) is 1.48. The lowest BCUT2D eigenvalue weighted by atomic mass is 10.1. The van der Waals surface area contributed by atoms with Crippen LogP contribution in [0.2, 0.25) is 15.1 Å². The lowest BCUT2D eigenvalue weighted by molar-refractivity contribution is 0.104. The molecule has 0 aliphatic rings. The van der Waals surface area contributed by atoms with Gasteiger partial charge in [0, 0.05) is 15.6 Å². The number of allylic oxidation sites excluding steroid dienone is 1.